The zero-order valence-corrected chi connectivity index (χ0v) is 20.3. The summed E-state index contributed by atoms with van der Waals surface area (Å²) in [5.74, 6) is -1.30. The molecule has 0 spiro atoms. The van der Waals surface area contributed by atoms with E-state index in [0.717, 1.165) is 11.1 Å². The molecule has 0 aliphatic heterocycles. The topological polar surface area (TPSA) is 95.9 Å². The molecule has 0 radical (unpaired) electrons. The number of carbonyl (C=O) groups excluding carboxylic acids is 2. The molecule has 1 aliphatic rings. The van der Waals surface area contributed by atoms with Crippen molar-refractivity contribution in [3.05, 3.63) is 59.7 Å². The number of rotatable bonds is 10. The van der Waals surface area contributed by atoms with Gasteiger partial charge in [-0.25, -0.2) is 4.79 Å². The molecule has 2 N–H and O–H groups in total. The molecule has 1 unspecified atom stereocenters. The second-order valence-corrected chi connectivity index (χ2v) is 9.42. The SMILES string of the molecule is CC(C)C(CNC(=O)OCC1c2ccccc2-c2ccccc21)CC(=O)N(CC(=O)O)C(C)C. The van der Waals surface area contributed by atoms with Crippen LogP contribution in [0.1, 0.15) is 51.2 Å². The number of ether oxygens (including phenoxy) is 1. The summed E-state index contributed by atoms with van der Waals surface area (Å²) in [5.41, 5.74) is 4.63. The van der Waals surface area contributed by atoms with Gasteiger partial charge in [-0.2, -0.15) is 0 Å². The smallest absolute Gasteiger partial charge is 0.407 e. The number of benzene rings is 2. The van der Waals surface area contributed by atoms with Crippen molar-refractivity contribution in [1.82, 2.24) is 10.2 Å². The van der Waals surface area contributed by atoms with Gasteiger partial charge >= 0.3 is 12.1 Å². The van der Waals surface area contributed by atoms with E-state index in [2.05, 4.69) is 29.6 Å². The van der Waals surface area contributed by atoms with E-state index in [1.54, 1.807) is 13.8 Å². The third-order valence-corrected chi connectivity index (χ3v) is 6.48. The average Bonchev–Trinajstić information content (AvgIpc) is 3.12. The van der Waals surface area contributed by atoms with Crippen LogP contribution in [0.4, 0.5) is 4.79 Å². The van der Waals surface area contributed by atoms with E-state index in [4.69, 9.17) is 9.84 Å². The lowest BCUT2D eigenvalue weighted by molar-refractivity contribution is -0.146. The molecule has 2 aromatic rings. The molecule has 7 nitrogen and oxygen atoms in total. The molecule has 0 heterocycles. The third-order valence-electron chi connectivity index (χ3n) is 6.48. The number of nitrogens with one attached hydrogen (secondary N) is 1. The minimum atomic E-state index is -1.04. The van der Waals surface area contributed by atoms with Crippen LogP contribution in [0.2, 0.25) is 0 Å². The monoisotopic (exact) mass is 466 g/mol. The maximum absolute atomic E-state index is 12.7. The fourth-order valence-electron chi connectivity index (χ4n) is 4.45. The molecule has 34 heavy (non-hydrogen) atoms. The highest BCUT2D eigenvalue weighted by Gasteiger charge is 2.29. The second-order valence-electron chi connectivity index (χ2n) is 9.42. The molecule has 7 heteroatoms. The van der Waals surface area contributed by atoms with E-state index in [0.29, 0.717) is 0 Å². The predicted molar refractivity (Wildman–Crippen MR) is 131 cm³/mol. The highest BCUT2D eigenvalue weighted by molar-refractivity contribution is 5.82. The summed E-state index contributed by atoms with van der Waals surface area (Å²) in [6.45, 7) is 7.72. The van der Waals surface area contributed by atoms with Crippen molar-refractivity contribution in [2.75, 3.05) is 19.7 Å². The molecular formula is C27H34N2O5. The summed E-state index contributed by atoms with van der Waals surface area (Å²) < 4.78 is 5.59. The number of alkyl carbamates (subject to hydrolysis) is 1. The van der Waals surface area contributed by atoms with E-state index in [-0.39, 0.29) is 55.8 Å². The Kier molecular flexibility index (Phi) is 8.31. The molecule has 0 aromatic heterocycles. The fraction of sp³-hybridized carbons (Fsp3) is 0.444. The zero-order chi connectivity index (χ0) is 24.8. The minimum absolute atomic E-state index is 0.0174. The second kappa shape index (κ2) is 11.2. The van der Waals surface area contributed by atoms with Gasteiger partial charge in [-0.3, -0.25) is 9.59 Å². The number of hydrogen-bond donors (Lipinski definition) is 2. The molecule has 1 aliphatic carbocycles. The van der Waals surface area contributed by atoms with E-state index in [1.165, 1.54) is 16.0 Å². The summed E-state index contributed by atoms with van der Waals surface area (Å²) in [4.78, 5) is 37.7. The van der Waals surface area contributed by atoms with Crippen LogP contribution in [0.3, 0.4) is 0 Å². The van der Waals surface area contributed by atoms with Gasteiger partial charge in [0, 0.05) is 24.9 Å². The van der Waals surface area contributed by atoms with Crippen molar-refractivity contribution in [3.8, 4) is 11.1 Å². The lowest BCUT2D eigenvalue weighted by Gasteiger charge is -2.28. The van der Waals surface area contributed by atoms with Crippen molar-refractivity contribution in [2.45, 2.75) is 46.1 Å². The van der Waals surface area contributed by atoms with Crippen LogP contribution in [0.25, 0.3) is 11.1 Å². The highest BCUT2D eigenvalue weighted by Crippen LogP contribution is 2.44. The van der Waals surface area contributed by atoms with Crippen LogP contribution in [-0.4, -0.2) is 53.7 Å². The third kappa shape index (κ3) is 5.95. The van der Waals surface area contributed by atoms with Crippen LogP contribution in [0.5, 0.6) is 0 Å². The molecular weight excluding hydrogens is 432 g/mol. The number of carboxylic acid groups (broad SMARTS) is 1. The van der Waals surface area contributed by atoms with Crippen molar-refractivity contribution in [1.29, 1.82) is 0 Å². The Hall–Kier alpha value is -3.35. The standard InChI is InChI=1S/C27H34N2O5/c1-17(2)19(13-25(30)29(18(3)4)15-26(31)32)14-28-27(33)34-16-24-22-11-7-5-9-20(22)21-10-6-8-12-23(21)24/h5-12,17-19,24H,13-16H2,1-4H3,(H,28,33)(H,31,32). The Bertz CT molecular complexity index is 988. The molecule has 0 saturated heterocycles. The molecule has 2 amide bonds. The summed E-state index contributed by atoms with van der Waals surface area (Å²) >= 11 is 0. The van der Waals surface area contributed by atoms with E-state index < -0.39 is 12.1 Å². The fourth-order valence-corrected chi connectivity index (χ4v) is 4.45. The molecule has 0 fully saturated rings. The first-order valence-electron chi connectivity index (χ1n) is 11.8. The highest BCUT2D eigenvalue weighted by atomic mass is 16.5. The average molecular weight is 467 g/mol. The van der Waals surface area contributed by atoms with Crippen LogP contribution in [0, 0.1) is 11.8 Å². The van der Waals surface area contributed by atoms with Crippen LogP contribution in [0.15, 0.2) is 48.5 Å². The van der Waals surface area contributed by atoms with Gasteiger partial charge in [0.1, 0.15) is 13.2 Å². The maximum atomic E-state index is 12.7. The molecule has 3 rings (SSSR count). The molecule has 0 saturated carbocycles. The summed E-state index contributed by atoms with van der Waals surface area (Å²) in [7, 11) is 0. The Morgan fingerprint density at radius 3 is 2.03 bits per heavy atom. The Morgan fingerprint density at radius 1 is 0.971 bits per heavy atom. The predicted octanol–water partition coefficient (Wildman–Crippen LogP) is 4.51. The lowest BCUT2D eigenvalue weighted by atomic mass is 9.91. The Labute approximate surface area is 201 Å². The van der Waals surface area contributed by atoms with E-state index in [1.807, 2.05) is 38.1 Å². The Balaban J connectivity index is 1.57. The molecule has 182 valence electrons. The minimum Gasteiger partial charge on any atom is -0.480 e. The number of hydrogen-bond acceptors (Lipinski definition) is 4. The van der Waals surface area contributed by atoms with Gasteiger partial charge in [0.15, 0.2) is 0 Å². The van der Waals surface area contributed by atoms with Crippen LogP contribution in [-0.2, 0) is 14.3 Å². The number of fused-ring (bicyclic) bond motifs is 3. The maximum Gasteiger partial charge on any atom is 0.407 e. The van der Waals surface area contributed by atoms with Crippen LogP contribution < -0.4 is 5.32 Å². The van der Waals surface area contributed by atoms with Gasteiger partial charge in [-0.15, -0.1) is 0 Å². The zero-order valence-electron chi connectivity index (χ0n) is 20.3. The van der Waals surface area contributed by atoms with Crippen molar-refractivity contribution >= 4 is 18.0 Å². The normalized spacial score (nSPS) is 13.4. The number of amides is 2. The molecule has 2 aromatic carbocycles. The summed E-state index contributed by atoms with van der Waals surface area (Å²) in [6, 6.07) is 16.1. The number of carboxylic acids is 1. The first-order valence-corrected chi connectivity index (χ1v) is 11.8. The van der Waals surface area contributed by atoms with Gasteiger partial charge in [0.25, 0.3) is 0 Å². The number of aliphatic carboxylic acids is 1. The van der Waals surface area contributed by atoms with Crippen molar-refractivity contribution in [2.24, 2.45) is 11.8 Å². The van der Waals surface area contributed by atoms with Gasteiger partial charge < -0.3 is 20.1 Å². The number of carbonyl (C=O) groups is 3. The first-order chi connectivity index (χ1) is 16.2. The van der Waals surface area contributed by atoms with Crippen LogP contribution >= 0.6 is 0 Å². The van der Waals surface area contributed by atoms with E-state index >= 15 is 0 Å². The lowest BCUT2D eigenvalue weighted by Crippen LogP contribution is -2.43. The summed E-state index contributed by atoms with van der Waals surface area (Å²) in [6.07, 6.45) is -0.363. The van der Waals surface area contributed by atoms with E-state index in [9.17, 15) is 14.4 Å². The molecule has 0 bridgehead atoms. The van der Waals surface area contributed by atoms with Gasteiger partial charge in [0.2, 0.25) is 5.91 Å². The van der Waals surface area contributed by atoms with Crippen molar-refractivity contribution in [3.63, 3.8) is 0 Å². The van der Waals surface area contributed by atoms with Gasteiger partial charge in [0.05, 0.1) is 0 Å². The Morgan fingerprint density at radius 2 is 1.53 bits per heavy atom. The van der Waals surface area contributed by atoms with Crippen molar-refractivity contribution < 1.29 is 24.2 Å². The summed E-state index contributed by atoms with van der Waals surface area (Å²) in [5, 5.41) is 11.9. The van der Waals surface area contributed by atoms with Gasteiger partial charge in [-0.05, 0) is 47.9 Å². The number of nitrogens with zero attached hydrogens (tertiary/aromatic N) is 1. The van der Waals surface area contributed by atoms with Gasteiger partial charge in [-0.1, -0.05) is 62.4 Å². The quantitative estimate of drug-likeness (QED) is 0.537. The largest absolute Gasteiger partial charge is 0.480 e. The first kappa shape index (κ1) is 25.3. The molecule has 1 atom stereocenters.